The molecule has 0 aliphatic heterocycles. The van der Waals surface area contributed by atoms with Gasteiger partial charge in [-0.3, -0.25) is 14.4 Å². The average Bonchev–Trinajstić information content (AvgIpc) is 3.22. The highest BCUT2D eigenvalue weighted by Crippen LogP contribution is 2.17. The Kier molecular flexibility index (Phi) is 45.2. The van der Waals surface area contributed by atoms with Gasteiger partial charge < -0.3 is 14.2 Å². The largest absolute Gasteiger partial charge is 0.462 e. The third-order valence-electron chi connectivity index (χ3n) is 12.2. The second-order valence-corrected chi connectivity index (χ2v) is 18.1. The molecule has 0 aromatic heterocycles. The summed E-state index contributed by atoms with van der Waals surface area (Å²) in [5, 5.41) is 0. The van der Waals surface area contributed by atoms with Gasteiger partial charge in [-0.15, -0.1) is 0 Å². The Balaban J connectivity index is 4.29. The summed E-state index contributed by atoms with van der Waals surface area (Å²) >= 11 is 0. The van der Waals surface area contributed by atoms with Crippen molar-refractivity contribution in [2.45, 2.75) is 297 Å². The Morgan fingerprint density at radius 3 is 0.897 bits per heavy atom. The average molecular weight is 821 g/mol. The molecule has 6 heteroatoms. The molecule has 0 saturated heterocycles. The highest BCUT2D eigenvalue weighted by molar-refractivity contribution is 5.71. The van der Waals surface area contributed by atoms with Crippen LogP contribution in [0.3, 0.4) is 0 Å². The van der Waals surface area contributed by atoms with Crippen LogP contribution in [0.25, 0.3) is 0 Å². The van der Waals surface area contributed by atoms with Crippen LogP contribution in [0.15, 0.2) is 0 Å². The molecule has 0 N–H and O–H groups in total. The van der Waals surface area contributed by atoms with Crippen LogP contribution in [0, 0.1) is 5.92 Å². The molecule has 2 atom stereocenters. The van der Waals surface area contributed by atoms with Crippen molar-refractivity contribution in [3.8, 4) is 0 Å². The van der Waals surface area contributed by atoms with E-state index in [4.69, 9.17) is 14.2 Å². The molecule has 0 spiro atoms. The maximum Gasteiger partial charge on any atom is 0.306 e. The summed E-state index contributed by atoms with van der Waals surface area (Å²) < 4.78 is 16.8. The van der Waals surface area contributed by atoms with Gasteiger partial charge in [0, 0.05) is 19.3 Å². The van der Waals surface area contributed by atoms with E-state index >= 15 is 0 Å². The van der Waals surface area contributed by atoms with Gasteiger partial charge in [0.15, 0.2) is 6.10 Å². The van der Waals surface area contributed by atoms with Crippen molar-refractivity contribution in [3.63, 3.8) is 0 Å². The Morgan fingerprint density at radius 2 is 0.603 bits per heavy atom. The number of hydrogen-bond acceptors (Lipinski definition) is 6. The molecule has 0 amide bonds. The van der Waals surface area contributed by atoms with Gasteiger partial charge in [-0.05, 0) is 25.2 Å². The first-order valence-corrected chi connectivity index (χ1v) is 25.9. The molecule has 58 heavy (non-hydrogen) atoms. The van der Waals surface area contributed by atoms with Crippen molar-refractivity contribution in [1.82, 2.24) is 0 Å². The smallest absolute Gasteiger partial charge is 0.306 e. The van der Waals surface area contributed by atoms with Gasteiger partial charge in [0.2, 0.25) is 0 Å². The van der Waals surface area contributed by atoms with Gasteiger partial charge in [-0.2, -0.15) is 0 Å². The van der Waals surface area contributed by atoms with E-state index in [1.807, 2.05) is 0 Å². The Labute approximate surface area is 361 Å². The summed E-state index contributed by atoms with van der Waals surface area (Å²) in [7, 11) is 0. The summed E-state index contributed by atoms with van der Waals surface area (Å²) in [5.74, 6) is -0.0329. The van der Waals surface area contributed by atoms with Crippen LogP contribution < -0.4 is 0 Å². The lowest BCUT2D eigenvalue weighted by Crippen LogP contribution is -2.30. The van der Waals surface area contributed by atoms with Crippen molar-refractivity contribution < 1.29 is 28.6 Å². The van der Waals surface area contributed by atoms with Crippen LogP contribution >= 0.6 is 0 Å². The van der Waals surface area contributed by atoms with E-state index in [1.165, 1.54) is 186 Å². The molecule has 0 fully saturated rings. The highest BCUT2D eigenvalue weighted by atomic mass is 16.6. The second kappa shape index (κ2) is 46.5. The van der Waals surface area contributed by atoms with E-state index in [0.717, 1.165) is 63.7 Å². The standard InChI is InChI=1S/C52H100O6/c1-5-8-10-12-14-16-18-20-22-23-25-26-28-30-35-39-43-50(53)56-46-49(47-57-51(54)44-40-36-33-32-34-38-42-48(4)7-3)58-52(55)45-41-37-31-29-27-24-21-19-17-15-13-11-9-6-2/h48-49H,5-47H2,1-4H3/t48?,49-/m1/s1. The third kappa shape index (κ3) is 44.0. The van der Waals surface area contributed by atoms with E-state index in [0.29, 0.717) is 19.3 Å². The zero-order chi connectivity index (χ0) is 42.4. The molecular formula is C52H100O6. The van der Waals surface area contributed by atoms with Crippen LogP contribution in [-0.2, 0) is 28.6 Å². The van der Waals surface area contributed by atoms with Gasteiger partial charge in [0.25, 0.3) is 0 Å². The minimum atomic E-state index is -0.761. The van der Waals surface area contributed by atoms with Crippen molar-refractivity contribution >= 4 is 17.9 Å². The normalized spacial score (nSPS) is 12.4. The third-order valence-corrected chi connectivity index (χ3v) is 12.2. The van der Waals surface area contributed by atoms with E-state index in [-0.39, 0.29) is 31.1 Å². The summed E-state index contributed by atoms with van der Waals surface area (Å²) in [4.78, 5) is 37.9. The molecule has 0 bridgehead atoms. The summed E-state index contributed by atoms with van der Waals surface area (Å²) in [5.41, 5.74) is 0. The highest BCUT2D eigenvalue weighted by Gasteiger charge is 2.19. The van der Waals surface area contributed by atoms with Gasteiger partial charge >= 0.3 is 17.9 Å². The summed E-state index contributed by atoms with van der Waals surface area (Å²) in [6, 6.07) is 0. The molecule has 0 saturated carbocycles. The van der Waals surface area contributed by atoms with Crippen molar-refractivity contribution in [1.29, 1.82) is 0 Å². The van der Waals surface area contributed by atoms with Crippen LogP contribution in [0.1, 0.15) is 291 Å². The maximum absolute atomic E-state index is 12.8. The van der Waals surface area contributed by atoms with Crippen LogP contribution in [0.2, 0.25) is 0 Å². The lowest BCUT2D eigenvalue weighted by Gasteiger charge is -2.18. The number of esters is 3. The molecule has 6 nitrogen and oxygen atoms in total. The van der Waals surface area contributed by atoms with Gasteiger partial charge in [-0.1, -0.05) is 252 Å². The molecule has 0 heterocycles. The Hall–Kier alpha value is -1.59. The number of unbranched alkanes of at least 4 members (excludes halogenated alkanes) is 33. The zero-order valence-corrected chi connectivity index (χ0v) is 39.5. The molecule has 1 unspecified atom stereocenters. The van der Waals surface area contributed by atoms with Gasteiger partial charge in [0.05, 0.1) is 0 Å². The van der Waals surface area contributed by atoms with Gasteiger partial charge in [0.1, 0.15) is 13.2 Å². The SMILES string of the molecule is CCCCCCCCCCCCCCCCCCC(=O)OC[C@H](COC(=O)CCCCCCCCC(C)CC)OC(=O)CCCCCCCCCCCCCCCC. The molecule has 0 radical (unpaired) electrons. The van der Waals surface area contributed by atoms with Gasteiger partial charge in [-0.25, -0.2) is 0 Å². The van der Waals surface area contributed by atoms with Crippen LogP contribution in [-0.4, -0.2) is 37.2 Å². The number of carbonyl (C=O) groups is 3. The van der Waals surface area contributed by atoms with E-state index in [1.54, 1.807) is 0 Å². The quantitative estimate of drug-likeness (QED) is 0.0346. The van der Waals surface area contributed by atoms with Crippen molar-refractivity contribution in [2.24, 2.45) is 5.92 Å². The maximum atomic E-state index is 12.8. The molecule has 0 aliphatic rings. The first-order chi connectivity index (χ1) is 28.4. The predicted octanol–water partition coefficient (Wildman–Crippen LogP) is 16.7. The van der Waals surface area contributed by atoms with Crippen molar-refractivity contribution in [3.05, 3.63) is 0 Å². The first kappa shape index (κ1) is 56.4. The monoisotopic (exact) mass is 821 g/mol. The van der Waals surface area contributed by atoms with E-state index in [2.05, 4.69) is 27.7 Å². The molecule has 0 rings (SSSR count). The topological polar surface area (TPSA) is 78.9 Å². The molecule has 0 aromatic rings. The molecular weight excluding hydrogens is 721 g/mol. The summed E-state index contributed by atoms with van der Waals surface area (Å²) in [6.45, 7) is 9.00. The number of carbonyl (C=O) groups excluding carboxylic acids is 3. The minimum Gasteiger partial charge on any atom is -0.462 e. The van der Waals surface area contributed by atoms with E-state index in [9.17, 15) is 14.4 Å². The lowest BCUT2D eigenvalue weighted by atomic mass is 10.00. The zero-order valence-electron chi connectivity index (χ0n) is 39.5. The van der Waals surface area contributed by atoms with Crippen molar-refractivity contribution in [2.75, 3.05) is 13.2 Å². The molecule has 0 aliphatic carbocycles. The van der Waals surface area contributed by atoms with Crippen LogP contribution in [0.4, 0.5) is 0 Å². The Bertz CT molecular complexity index is 874. The predicted molar refractivity (Wildman–Crippen MR) is 247 cm³/mol. The fourth-order valence-electron chi connectivity index (χ4n) is 7.83. The fraction of sp³-hybridized carbons (Fsp3) is 0.942. The number of hydrogen-bond donors (Lipinski definition) is 0. The lowest BCUT2D eigenvalue weighted by molar-refractivity contribution is -0.167. The second-order valence-electron chi connectivity index (χ2n) is 18.1. The molecule has 0 aromatic carbocycles. The Morgan fingerprint density at radius 1 is 0.345 bits per heavy atom. The van der Waals surface area contributed by atoms with Crippen LogP contribution in [0.5, 0.6) is 0 Å². The number of ether oxygens (including phenoxy) is 3. The summed E-state index contributed by atoms with van der Waals surface area (Å²) in [6.07, 6.45) is 48.0. The molecule has 344 valence electrons. The van der Waals surface area contributed by atoms with E-state index < -0.39 is 6.10 Å². The fourth-order valence-corrected chi connectivity index (χ4v) is 7.83. The minimum absolute atomic E-state index is 0.0634. The first-order valence-electron chi connectivity index (χ1n) is 25.9. The number of rotatable bonds is 47.